The van der Waals surface area contributed by atoms with E-state index in [-0.39, 0.29) is 17.6 Å². The van der Waals surface area contributed by atoms with Crippen molar-refractivity contribution in [3.8, 4) is 5.75 Å². The zero-order chi connectivity index (χ0) is 23.3. The summed E-state index contributed by atoms with van der Waals surface area (Å²) in [6.07, 6.45) is 9.81. The smallest absolute Gasteiger partial charge is 0.274 e. The maximum absolute atomic E-state index is 12.9. The maximum atomic E-state index is 12.9. The molecule has 0 aliphatic carbocycles. The molecular weight excluding hydrogens is 430 g/mol. The van der Waals surface area contributed by atoms with Gasteiger partial charge in [-0.05, 0) is 49.2 Å². The van der Waals surface area contributed by atoms with Crippen LogP contribution in [0.4, 0.5) is 0 Å². The molecule has 174 valence electrons. The number of hydrogen-bond acceptors (Lipinski definition) is 7. The number of benzene rings is 1. The highest BCUT2D eigenvalue weighted by Crippen LogP contribution is 2.27. The summed E-state index contributed by atoms with van der Waals surface area (Å²) in [7, 11) is 0. The second-order valence-electron chi connectivity index (χ2n) is 8.79. The van der Waals surface area contributed by atoms with Crippen molar-refractivity contribution in [3.05, 3.63) is 83.7 Å². The number of carbonyl (C=O) groups is 2. The Bertz CT molecular complexity index is 1160. The van der Waals surface area contributed by atoms with Crippen LogP contribution in [0.15, 0.2) is 61.3 Å². The van der Waals surface area contributed by atoms with Crippen molar-refractivity contribution < 1.29 is 14.3 Å². The highest BCUT2D eigenvalue weighted by atomic mass is 16.5. The minimum absolute atomic E-state index is 0.0118. The lowest BCUT2D eigenvalue weighted by molar-refractivity contribution is 0.0726. The van der Waals surface area contributed by atoms with Crippen LogP contribution in [0, 0.1) is 5.92 Å². The second kappa shape index (κ2) is 10.1. The van der Waals surface area contributed by atoms with Crippen molar-refractivity contribution in [2.24, 2.45) is 5.92 Å². The summed E-state index contributed by atoms with van der Waals surface area (Å²) in [6.45, 7) is 3.83. The van der Waals surface area contributed by atoms with Gasteiger partial charge in [-0.2, -0.15) is 0 Å². The zero-order valence-electron chi connectivity index (χ0n) is 19.0. The number of carbonyl (C=O) groups excluding carboxylic acids is 2. The number of piperidine rings is 1. The normalized spacial score (nSPS) is 18.5. The van der Waals surface area contributed by atoms with Crippen LogP contribution in [0.1, 0.15) is 44.8 Å². The van der Waals surface area contributed by atoms with Crippen molar-refractivity contribution in [1.29, 1.82) is 0 Å². The number of ketones is 1. The van der Waals surface area contributed by atoms with Crippen molar-refractivity contribution in [3.63, 3.8) is 0 Å². The van der Waals surface area contributed by atoms with Crippen LogP contribution in [-0.4, -0.2) is 62.7 Å². The van der Waals surface area contributed by atoms with Crippen LogP contribution in [-0.2, 0) is 13.1 Å². The molecule has 2 aliphatic heterocycles. The molecule has 0 N–H and O–H groups in total. The number of amides is 1. The number of rotatable bonds is 5. The number of pyridine rings is 1. The van der Waals surface area contributed by atoms with Gasteiger partial charge >= 0.3 is 0 Å². The van der Waals surface area contributed by atoms with Gasteiger partial charge in [-0.15, -0.1) is 0 Å². The molecule has 1 saturated heterocycles. The summed E-state index contributed by atoms with van der Waals surface area (Å²) in [5.74, 6) is 0.817. The highest BCUT2D eigenvalue weighted by molar-refractivity contribution is 5.97. The van der Waals surface area contributed by atoms with Gasteiger partial charge in [0.25, 0.3) is 5.91 Å². The maximum Gasteiger partial charge on any atom is 0.274 e. The Balaban J connectivity index is 1.27. The Morgan fingerprint density at radius 2 is 1.97 bits per heavy atom. The van der Waals surface area contributed by atoms with Gasteiger partial charge in [-0.3, -0.25) is 24.5 Å². The number of hydrogen-bond donors (Lipinski definition) is 0. The minimum atomic E-state index is -0.150. The van der Waals surface area contributed by atoms with E-state index >= 15 is 0 Å². The largest absolute Gasteiger partial charge is 0.491 e. The van der Waals surface area contributed by atoms with Gasteiger partial charge in [0.1, 0.15) is 18.1 Å². The first-order valence-electron chi connectivity index (χ1n) is 11.6. The summed E-state index contributed by atoms with van der Waals surface area (Å²) in [5.41, 5.74) is 3.14. The van der Waals surface area contributed by atoms with E-state index in [9.17, 15) is 9.59 Å². The van der Waals surface area contributed by atoms with Crippen LogP contribution in [0.25, 0.3) is 0 Å². The van der Waals surface area contributed by atoms with E-state index in [0.29, 0.717) is 31.0 Å². The topological polar surface area (TPSA) is 88.5 Å². The third kappa shape index (κ3) is 4.97. The standard InChI is InChI=1S/C26H27N5O3/c32-25(20-3-1-7-27-14-20)21-4-2-10-30(17-21)16-19-5-6-24-22(13-19)18-31(11-12-34-24)26(33)23-15-28-8-9-29-23/h1,3,5-9,13-15,21H,2,4,10-12,16-18H2. The fraction of sp³-hybridized carbons (Fsp3) is 0.346. The van der Waals surface area contributed by atoms with Crippen LogP contribution < -0.4 is 4.74 Å². The summed E-state index contributed by atoms with van der Waals surface area (Å²) >= 11 is 0. The van der Waals surface area contributed by atoms with Gasteiger partial charge in [-0.1, -0.05) is 6.07 Å². The molecule has 8 heteroatoms. The summed E-state index contributed by atoms with van der Waals surface area (Å²) in [4.78, 5) is 42.2. The molecular formula is C26H27N5O3. The van der Waals surface area contributed by atoms with E-state index in [1.54, 1.807) is 23.5 Å². The highest BCUT2D eigenvalue weighted by Gasteiger charge is 2.27. The SMILES string of the molecule is O=C(c1cccnc1)C1CCCN(Cc2ccc3c(c2)CN(C(=O)c2cnccn2)CCO3)C1. The Labute approximate surface area is 198 Å². The van der Waals surface area contributed by atoms with E-state index in [2.05, 4.69) is 32.0 Å². The van der Waals surface area contributed by atoms with Crippen LogP contribution in [0.5, 0.6) is 5.75 Å². The number of ether oxygens (including phenoxy) is 1. The Morgan fingerprint density at radius 3 is 2.79 bits per heavy atom. The number of likely N-dealkylation sites (tertiary alicyclic amines) is 1. The van der Waals surface area contributed by atoms with Gasteiger partial charge in [-0.25, -0.2) is 4.98 Å². The first-order valence-corrected chi connectivity index (χ1v) is 11.6. The van der Waals surface area contributed by atoms with E-state index in [1.165, 1.54) is 12.4 Å². The summed E-state index contributed by atoms with van der Waals surface area (Å²) in [6, 6.07) is 9.83. The zero-order valence-corrected chi connectivity index (χ0v) is 19.0. The van der Waals surface area contributed by atoms with E-state index < -0.39 is 0 Å². The molecule has 1 unspecified atom stereocenters. The van der Waals surface area contributed by atoms with E-state index in [0.717, 1.165) is 49.4 Å². The molecule has 0 radical (unpaired) electrons. The molecule has 34 heavy (non-hydrogen) atoms. The predicted molar refractivity (Wildman–Crippen MR) is 125 cm³/mol. The molecule has 0 spiro atoms. The van der Waals surface area contributed by atoms with Crippen molar-refractivity contribution in [2.45, 2.75) is 25.9 Å². The lowest BCUT2D eigenvalue weighted by Crippen LogP contribution is -2.38. The van der Waals surface area contributed by atoms with Crippen LogP contribution >= 0.6 is 0 Å². The summed E-state index contributed by atoms with van der Waals surface area (Å²) < 4.78 is 5.91. The molecule has 0 saturated carbocycles. The first kappa shape index (κ1) is 22.2. The van der Waals surface area contributed by atoms with Gasteiger partial charge in [0.2, 0.25) is 0 Å². The van der Waals surface area contributed by atoms with Crippen LogP contribution in [0.3, 0.4) is 0 Å². The second-order valence-corrected chi connectivity index (χ2v) is 8.79. The average Bonchev–Trinajstić information content (AvgIpc) is 3.11. The Morgan fingerprint density at radius 1 is 1.06 bits per heavy atom. The predicted octanol–water partition coefficient (Wildman–Crippen LogP) is 3.00. The fourth-order valence-electron chi connectivity index (χ4n) is 4.71. The van der Waals surface area contributed by atoms with Gasteiger partial charge in [0.15, 0.2) is 5.78 Å². The molecule has 1 amide bonds. The lowest BCUT2D eigenvalue weighted by Gasteiger charge is -2.32. The van der Waals surface area contributed by atoms with E-state index in [4.69, 9.17) is 4.74 Å². The lowest BCUT2D eigenvalue weighted by atomic mass is 9.90. The number of nitrogens with zero attached hydrogens (tertiary/aromatic N) is 5. The van der Waals surface area contributed by atoms with E-state index in [1.807, 2.05) is 18.2 Å². The van der Waals surface area contributed by atoms with Crippen LogP contribution in [0.2, 0.25) is 0 Å². The Kier molecular flexibility index (Phi) is 6.58. The summed E-state index contributed by atoms with van der Waals surface area (Å²) in [5, 5.41) is 0. The van der Waals surface area contributed by atoms with Gasteiger partial charge in [0, 0.05) is 61.5 Å². The van der Waals surface area contributed by atoms with Crippen molar-refractivity contribution >= 4 is 11.7 Å². The Hall–Kier alpha value is -3.65. The molecule has 0 bridgehead atoms. The number of Topliss-reactive ketones (excluding diaryl/α,β-unsaturated/α-hetero) is 1. The average molecular weight is 458 g/mol. The molecule has 8 nitrogen and oxygen atoms in total. The molecule has 1 aromatic carbocycles. The minimum Gasteiger partial charge on any atom is -0.491 e. The third-order valence-electron chi connectivity index (χ3n) is 6.40. The molecule has 3 aromatic rings. The molecule has 4 heterocycles. The first-order chi connectivity index (χ1) is 16.7. The molecule has 5 rings (SSSR count). The fourth-order valence-corrected chi connectivity index (χ4v) is 4.71. The van der Waals surface area contributed by atoms with Crippen molar-refractivity contribution in [1.82, 2.24) is 24.8 Å². The number of aromatic nitrogens is 3. The molecule has 1 atom stereocenters. The molecule has 2 aliphatic rings. The quantitative estimate of drug-likeness (QED) is 0.544. The molecule has 2 aromatic heterocycles. The molecule has 1 fully saturated rings. The monoisotopic (exact) mass is 457 g/mol. The third-order valence-corrected chi connectivity index (χ3v) is 6.40. The number of fused-ring (bicyclic) bond motifs is 1. The van der Waals surface area contributed by atoms with Gasteiger partial charge in [0.05, 0.1) is 12.7 Å². The van der Waals surface area contributed by atoms with Gasteiger partial charge < -0.3 is 9.64 Å². The van der Waals surface area contributed by atoms with Crippen molar-refractivity contribution in [2.75, 3.05) is 26.2 Å².